The van der Waals surface area contributed by atoms with E-state index >= 15 is 0 Å². The zero-order chi connectivity index (χ0) is 5.40. The predicted octanol–water partition coefficient (Wildman–Crippen LogP) is 0.586. The molecule has 0 spiro atoms. The largest absolute Gasteiger partial charge is 0.152 e. The number of hydroxylamine groups is 2. The average Bonchev–Trinajstić information content (AvgIpc) is 1.72. The van der Waals surface area contributed by atoms with Crippen LogP contribution in [0.4, 0.5) is 0 Å². The molecule has 1 unspecified atom stereocenters. The molecule has 0 aromatic rings. The van der Waals surface area contributed by atoms with E-state index in [0.717, 1.165) is 12.3 Å². The van der Waals surface area contributed by atoms with Crippen molar-refractivity contribution in [3.05, 3.63) is 0 Å². The Labute approximate surface area is 52.0 Å². The molecule has 4 heteroatoms. The molecule has 0 aromatic carbocycles. The minimum Gasteiger partial charge on any atom is -0.152 e. The van der Waals surface area contributed by atoms with Crippen molar-refractivity contribution in [2.75, 3.05) is 12.3 Å². The molecule has 0 saturated carbocycles. The van der Waals surface area contributed by atoms with Gasteiger partial charge in [0.15, 0.2) is 0 Å². The Morgan fingerprint density at radius 1 is 1.62 bits per heavy atom. The van der Waals surface area contributed by atoms with Gasteiger partial charge in [-0.2, -0.15) is 5.06 Å². The molecule has 2 saturated heterocycles. The van der Waals surface area contributed by atoms with Crippen molar-refractivity contribution >= 4 is 12.0 Å². The highest BCUT2D eigenvalue weighted by Gasteiger charge is 2.33. The van der Waals surface area contributed by atoms with E-state index in [1.165, 1.54) is 18.5 Å². The highest BCUT2D eigenvalue weighted by Crippen LogP contribution is 2.27. The number of rotatable bonds is 0. The number of fused-ring (bicyclic) bond motifs is 1. The molecule has 2 aliphatic rings. The van der Waals surface area contributed by atoms with Gasteiger partial charge in [0.2, 0.25) is 0 Å². The smallest absolute Gasteiger partial charge is 0.0510 e. The summed E-state index contributed by atoms with van der Waals surface area (Å²) in [5.74, 6) is 1.06. The molecule has 3 nitrogen and oxygen atoms in total. The predicted molar refractivity (Wildman–Crippen MR) is 29.7 cm³/mol. The fraction of sp³-hybridized carbons (Fsp3) is 1.00. The van der Waals surface area contributed by atoms with Gasteiger partial charge in [-0.25, -0.2) is 0 Å². The summed E-state index contributed by atoms with van der Waals surface area (Å²) >= 11 is 1.39. The van der Waals surface area contributed by atoms with Crippen molar-refractivity contribution < 1.29 is 9.32 Å². The molecule has 0 N–H and O–H groups in total. The molecular formula is C4H7NO2S. The molecule has 0 amide bonds. The van der Waals surface area contributed by atoms with Crippen molar-refractivity contribution in [1.82, 2.24) is 5.06 Å². The van der Waals surface area contributed by atoms with Gasteiger partial charge in [0, 0.05) is 24.3 Å². The number of hydrogen-bond acceptors (Lipinski definition) is 4. The minimum absolute atomic E-state index is 0.633. The first-order chi connectivity index (χ1) is 3.97. The van der Waals surface area contributed by atoms with E-state index in [2.05, 4.69) is 4.33 Å². The van der Waals surface area contributed by atoms with Gasteiger partial charge in [0.1, 0.15) is 0 Å². The van der Waals surface area contributed by atoms with Gasteiger partial charge in [0.25, 0.3) is 0 Å². The van der Waals surface area contributed by atoms with Gasteiger partial charge in [-0.15, -0.1) is 9.32 Å². The molecule has 2 rings (SSSR count). The van der Waals surface area contributed by atoms with E-state index < -0.39 is 0 Å². The van der Waals surface area contributed by atoms with E-state index in [4.69, 9.17) is 4.99 Å². The van der Waals surface area contributed by atoms with Crippen molar-refractivity contribution in [2.45, 2.75) is 12.5 Å². The minimum atomic E-state index is 0.633. The van der Waals surface area contributed by atoms with E-state index in [1.807, 2.05) is 5.06 Å². The lowest BCUT2D eigenvalue weighted by atomic mass is 10.1. The van der Waals surface area contributed by atoms with Gasteiger partial charge >= 0.3 is 0 Å². The van der Waals surface area contributed by atoms with E-state index in [1.54, 1.807) is 0 Å². The molecule has 1 atom stereocenters. The first kappa shape index (κ1) is 5.05. The van der Waals surface area contributed by atoms with Gasteiger partial charge < -0.3 is 0 Å². The van der Waals surface area contributed by atoms with Crippen LogP contribution in [0.3, 0.4) is 0 Å². The summed E-state index contributed by atoms with van der Waals surface area (Å²) in [7, 11) is 0. The monoisotopic (exact) mass is 133 g/mol. The SMILES string of the molecule is C1CN2OOSCC12. The third-order valence-corrected chi connectivity index (χ3v) is 2.20. The van der Waals surface area contributed by atoms with Crippen molar-refractivity contribution in [3.63, 3.8) is 0 Å². The molecule has 2 fully saturated rings. The van der Waals surface area contributed by atoms with Gasteiger partial charge in [-0.05, 0) is 6.42 Å². The molecule has 46 valence electrons. The Morgan fingerprint density at radius 2 is 2.62 bits per heavy atom. The first-order valence-electron chi connectivity index (χ1n) is 2.70. The standard InChI is InChI=1S/C4H7NO2S/c1-2-5-4(1)3-8-7-6-5/h4H,1-3H2. The fourth-order valence-electron chi connectivity index (χ4n) is 0.849. The Kier molecular flexibility index (Phi) is 1.18. The van der Waals surface area contributed by atoms with Crippen LogP contribution < -0.4 is 0 Å². The third-order valence-electron chi connectivity index (χ3n) is 1.52. The molecular weight excluding hydrogens is 126 g/mol. The zero-order valence-corrected chi connectivity index (χ0v) is 5.19. The third kappa shape index (κ3) is 0.647. The van der Waals surface area contributed by atoms with Crippen LogP contribution >= 0.6 is 12.0 Å². The van der Waals surface area contributed by atoms with Gasteiger partial charge in [0.05, 0.1) is 6.04 Å². The quantitative estimate of drug-likeness (QED) is 0.356. The Balaban J connectivity index is 1.92. The lowest BCUT2D eigenvalue weighted by Crippen LogP contribution is -2.50. The maximum absolute atomic E-state index is 4.77. The molecule has 2 heterocycles. The average molecular weight is 133 g/mol. The van der Waals surface area contributed by atoms with Crippen molar-refractivity contribution in [2.24, 2.45) is 0 Å². The second kappa shape index (κ2) is 1.88. The summed E-state index contributed by atoms with van der Waals surface area (Å²) in [6.07, 6.45) is 1.26. The number of hydrogen-bond donors (Lipinski definition) is 0. The maximum atomic E-state index is 4.77. The second-order valence-corrected chi connectivity index (χ2v) is 2.72. The van der Waals surface area contributed by atoms with Crippen LogP contribution in [0.2, 0.25) is 0 Å². The summed E-state index contributed by atoms with van der Waals surface area (Å²) < 4.78 is 4.65. The lowest BCUT2D eigenvalue weighted by molar-refractivity contribution is -0.403. The van der Waals surface area contributed by atoms with Crippen molar-refractivity contribution in [1.29, 1.82) is 0 Å². The topological polar surface area (TPSA) is 21.7 Å². The van der Waals surface area contributed by atoms with E-state index in [9.17, 15) is 0 Å². The van der Waals surface area contributed by atoms with Crippen LogP contribution in [0, 0.1) is 0 Å². The molecule has 0 bridgehead atoms. The van der Waals surface area contributed by atoms with Crippen molar-refractivity contribution in [3.8, 4) is 0 Å². The van der Waals surface area contributed by atoms with Gasteiger partial charge in [-0.1, -0.05) is 0 Å². The summed E-state index contributed by atoms with van der Waals surface area (Å²) in [5.41, 5.74) is 0. The Morgan fingerprint density at radius 3 is 3.00 bits per heavy atom. The van der Waals surface area contributed by atoms with Crippen LogP contribution in [-0.2, 0) is 9.32 Å². The highest BCUT2D eigenvalue weighted by atomic mass is 32.2. The second-order valence-electron chi connectivity index (χ2n) is 2.01. The first-order valence-corrected chi connectivity index (χ1v) is 3.61. The van der Waals surface area contributed by atoms with Crippen LogP contribution in [0.15, 0.2) is 0 Å². The van der Waals surface area contributed by atoms with E-state index in [0.29, 0.717) is 6.04 Å². The van der Waals surface area contributed by atoms with Crippen LogP contribution in [0.25, 0.3) is 0 Å². The fourth-order valence-corrected chi connectivity index (χ4v) is 1.52. The molecule has 2 aliphatic heterocycles. The Bertz CT molecular complexity index is 88.0. The molecule has 8 heavy (non-hydrogen) atoms. The Hall–Kier alpha value is 0.230. The highest BCUT2D eigenvalue weighted by molar-refractivity contribution is 7.94. The summed E-state index contributed by atoms with van der Waals surface area (Å²) in [6.45, 7) is 1.03. The van der Waals surface area contributed by atoms with E-state index in [-0.39, 0.29) is 0 Å². The number of nitrogens with zero attached hydrogens (tertiary/aromatic N) is 1. The molecule has 0 radical (unpaired) electrons. The summed E-state index contributed by atoms with van der Waals surface area (Å²) in [5, 5.41) is 1.87. The normalized spacial score (nSPS) is 38.2. The van der Waals surface area contributed by atoms with Gasteiger partial charge in [-0.3, -0.25) is 0 Å². The molecule has 0 aromatic heterocycles. The zero-order valence-electron chi connectivity index (χ0n) is 4.37. The van der Waals surface area contributed by atoms with Crippen LogP contribution in [0.5, 0.6) is 0 Å². The summed E-state index contributed by atoms with van der Waals surface area (Å²) in [6, 6.07) is 0.633. The van der Waals surface area contributed by atoms with Crippen LogP contribution in [-0.4, -0.2) is 23.4 Å². The van der Waals surface area contributed by atoms with Crippen LogP contribution in [0.1, 0.15) is 6.42 Å². The lowest BCUT2D eigenvalue weighted by Gasteiger charge is -2.39. The molecule has 0 aliphatic carbocycles. The summed E-state index contributed by atoms with van der Waals surface area (Å²) in [4.78, 5) is 4.77. The maximum Gasteiger partial charge on any atom is 0.0510 e.